The van der Waals surface area contributed by atoms with E-state index >= 15 is 0 Å². The van der Waals surface area contributed by atoms with Gasteiger partial charge < -0.3 is 13.9 Å². The SMILES string of the molecule is CC(C)(C)c1cc(-c2cc3c4c(c2)N(c2ccccc2S)c2c(c5sc6ccccc6c5c5c2oc2ccccc25)B4c2ccc(-n4c5ccccc5c5cc(C#N)ccc54)cc2S3)cc(C(C)(C)C)c1. The van der Waals surface area contributed by atoms with Crippen molar-refractivity contribution in [1.29, 1.82) is 5.26 Å². The molecule has 14 rings (SSSR count). The van der Waals surface area contributed by atoms with E-state index in [0.29, 0.717) is 5.56 Å². The number of anilines is 3. The predicted octanol–water partition coefficient (Wildman–Crippen LogP) is 16.2. The molecule has 5 heterocycles. The van der Waals surface area contributed by atoms with Gasteiger partial charge in [-0.25, -0.2) is 0 Å². The van der Waals surface area contributed by atoms with Crippen LogP contribution in [-0.4, -0.2) is 11.3 Å². The topological polar surface area (TPSA) is 45.1 Å². The molecular weight excluding hydrogens is 922 g/mol. The van der Waals surface area contributed by atoms with Gasteiger partial charge in [-0.15, -0.1) is 24.0 Å². The van der Waals surface area contributed by atoms with Crippen LogP contribution in [0, 0.1) is 11.3 Å². The van der Waals surface area contributed by atoms with Crippen LogP contribution in [-0.2, 0) is 10.8 Å². The van der Waals surface area contributed by atoms with Gasteiger partial charge in [0.2, 0.25) is 0 Å². The second kappa shape index (κ2) is 15.2. The standard InChI is InChI=1S/C63H46BN3OS3/c1-62(2,3)38-28-36(29-39(32-38)63(4,5)6)37-30-49-57-54(31-37)70-53-33-40(66-46-18-10-7-15-41(46)44-27-35(34-65)23-26-47(44)66)24-25-45(53)64(57)58-59(67(49)48-19-11-13-21-51(48)69)60-55(42-16-8-12-20-50(42)68-60)56-43-17-9-14-22-52(43)71-61(56)58/h7-33,69H,1-6H3. The van der Waals surface area contributed by atoms with Crippen LogP contribution < -0.4 is 21.3 Å². The van der Waals surface area contributed by atoms with Crippen molar-refractivity contribution in [3.05, 3.63) is 180 Å². The van der Waals surface area contributed by atoms with Crippen LogP contribution in [0.4, 0.5) is 17.1 Å². The molecule has 2 aliphatic heterocycles. The van der Waals surface area contributed by atoms with Crippen molar-refractivity contribution >= 4 is 140 Å². The van der Waals surface area contributed by atoms with Gasteiger partial charge in [0.1, 0.15) is 5.58 Å². The molecule has 12 aromatic rings. The Morgan fingerprint density at radius 3 is 2.06 bits per heavy atom. The molecule has 0 spiro atoms. The van der Waals surface area contributed by atoms with Crippen LogP contribution in [0.1, 0.15) is 58.2 Å². The summed E-state index contributed by atoms with van der Waals surface area (Å²) in [4.78, 5) is 5.84. The highest BCUT2D eigenvalue weighted by Gasteiger charge is 2.45. The number of rotatable bonds is 3. The van der Waals surface area contributed by atoms with Crippen LogP contribution >= 0.6 is 35.7 Å². The third-order valence-electron chi connectivity index (χ3n) is 15.0. The molecule has 0 amide bonds. The molecule has 0 N–H and O–H groups in total. The number of hydrogen-bond donors (Lipinski definition) is 1. The van der Waals surface area contributed by atoms with Gasteiger partial charge in [-0.2, -0.15) is 5.26 Å². The number of thiophene rings is 1. The Labute approximate surface area is 426 Å². The molecular formula is C63H46BN3OS3. The number of furan rings is 1. The fourth-order valence-electron chi connectivity index (χ4n) is 11.6. The summed E-state index contributed by atoms with van der Waals surface area (Å²) >= 11 is 9.05. The monoisotopic (exact) mass is 967 g/mol. The minimum atomic E-state index is -0.131. The number of benzene rings is 9. The van der Waals surface area contributed by atoms with Gasteiger partial charge in [-0.05, 0) is 117 Å². The Morgan fingerprint density at radius 2 is 1.28 bits per heavy atom. The smallest absolute Gasteiger partial charge is 0.251 e. The van der Waals surface area contributed by atoms with Crippen molar-refractivity contribution in [2.45, 2.75) is 67.1 Å². The van der Waals surface area contributed by atoms with Crippen molar-refractivity contribution in [3.63, 3.8) is 0 Å². The van der Waals surface area contributed by atoms with E-state index in [9.17, 15) is 5.26 Å². The fraction of sp³-hybridized carbons (Fsp3) is 0.127. The zero-order valence-corrected chi connectivity index (χ0v) is 42.7. The Bertz CT molecular complexity index is 4310. The molecule has 0 aliphatic carbocycles. The van der Waals surface area contributed by atoms with E-state index in [0.717, 1.165) is 71.4 Å². The van der Waals surface area contributed by atoms with Crippen LogP contribution in [0.2, 0.25) is 0 Å². The highest BCUT2D eigenvalue weighted by Crippen LogP contribution is 2.53. The summed E-state index contributed by atoms with van der Waals surface area (Å²) in [7, 11) is 0. The van der Waals surface area contributed by atoms with Crippen molar-refractivity contribution in [2.75, 3.05) is 4.90 Å². The molecule has 9 aromatic carbocycles. The maximum atomic E-state index is 9.96. The van der Waals surface area contributed by atoms with E-state index in [2.05, 4.69) is 209 Å². The number of nitriles is 1. The maximum Gasteiger partial charge on any atom is 0.251 e. The first-order valence-electron chi connectivity index (χ1n) is 24.3. The average Bonchev–Trinajstić information content (AvgIpc) is 4.05. The molecule has 8 heteroatoms. The lowest BCUT2D eigenvalue weighted by Gasteiger charge is -2.41. The minimum absolute atomic E-state index is 0.0604. The molecule has 0 bridgehead atoms. The summed E-state index contributed by atoms with van der Waals surface area (Å²) < 4.78 is 12.2. The second-order valence-corrected chi connectivity index (χ2v) is 24.0. The van der Waals surface area contributed by atoms with Crippen LogP contribution in [0.15, 0.2) is 183 Å². The lowest BCUT2D eigenvalue weighted by atomic mass is 9.34. The predicted molar refractivity (Wildman–Crippen MR) is 306 cm³/mol. The Morgan fingerprint density at radius 1 is 0.592 bits per heavy atom. The first-order valence-corrected chi connectivity index (χ1v) is 26.4. The fourth-order valence-corrected chi connectivity index (χ4v) is 14.4. The van der Waals surface area contributed by atoms with Crippen LogP contribution in [0.3, 0.4) is 0 Å². The molecule has 3 aromatic heterocycles. The van der Waals surface area contributed by atoms with E-state index in [4.69, 9.17) is 17.0 Å². The molecule has 0 radical (unpaired) electrons. The zero-order chi connectivity index (χ0) is 48.2. The number of para-hydroxylation sites is 3. The Balaban J connectivity index is 1.13. The van der Waals surface area contributed by atoms with E-state index in [1.54, 1.807) is 0 Å². The average molecular weight is 968 g/mol. The minimum Gasteiger partial charge on any atom is -0.454 e. The Hall–Kier alpha value is -7.15. The third-order valence-corrected chi connectivity index (χ3v) is 17.7. The number of fused-ring (bicyclic) bond motifs is 16. The summed E-state index contributed by atoms with van der Waals surface area (Å²) in [6.07, 6.45) is 0. The van der Waals surface area contributed by atoms with Gasteiger partial charge in [-0.1, -0.05) is 150 Å². The van der Waals surface area contributed by atoms with Crippen molar-refractivity contribution < 1.29 is 4.42 Å². The molecule has 0 fully saturated rings. The number of thiol groups is 1. The van der Waals surface area contributed by atoms with E-state index in [1.807, 2.05) is 35.2 Å². The van der Waals surface area contributed by atoms with Gasteiger partial charge in [-0.3, -0.25) is 0 Å². The maximum absolute atomic E-state index is 9.96. The van der Waals surface area contributed by atoms with Crippen molar-refractivity contribution in [1.82, 2.24) is 4.57 Å². The highest BCUT2D eigenvalue weighted by atomic mass is 32.2. The molecule has 0 saturated heterocycles. The Kier molecular flexibility index (Phi) is 9.13. The number of aromatic nitrogens is 1. The molecule has 0 unspecified atom stereocenters. The van der Waals surface area contributed by atoms with Gasteiger partial charge >= 0.3 is 0 Å². The molecule has 0 saturated carbocycles. The summed E-state index contributed by atoms with van der Waals surface area (Å²) in [5, 5.41) is 16.9. The quantitative estimate of drug-likeness (QED) is 0.142. The summed E-state index contributed by atoms with van der Waals surface area (Å²) in [5.41, 5.74) is 17.6. The van der Waals surface area contributed by atoms with Crippen LogP contribution in [0.25, 0.3) is 80.7 Å². The summed E-state index contributed by atoms with van der Waals surface area (Å²) in [6.45, 7) is 13.8. The van der Waals surface area contributed by atoms with Gasteiger partial charge in [0.05, 0.1) is 34.0 Å². The van der Waals surface area contributed by atoms with Gasteiger partial charge in [0, 0.05) is 67.8 Å². The lowest BCUT2D eigenvalue weighted by Crippen LogP contribution is -2.60. The lowest BCUT2D eigenvalue weighted by molar-refractivity contribution is 0.569. The molecule has 71 heavy (non-hydrogen) atoms. The van der Waals surface area contributed by atoms with Gasteiger partial charge in [0.25, 0.3) is 6.71 Å². The molecule has 2 aliphatic rings. The molecule has 340 valence electrons. The first kappa shape index (κ1) is 42.7. The second-order valence-electron chi connectivity index (χ2n) is 21.4. The van der Waals surface area contributed by atoms with E-state index < -0.39 is 0 Å². The highest BCUT2D eigenvalue weighted by molar-refractivity contribution is 8.00. The van der Waals surface area contributed by atoms with Gasteiger partial charge in [0.15, 0.2) is 5.58 Å². The van der Waals surface area contributed by atoms with Crippen LogP contribution in [0.5, 0.6) is 0 Å². The molecule has 4 nitrogen and oxygen atoms in total. The van der Waals surface area contributed by atoms with E-state index in [-0.39, 0.29) is 17.5 Å². The van der Waals surface area contributed by atoms with E-state index in [1.165, 1.54) is 68.6 Å². The summed E-state index contributed by atoms with van der Waals surface area (Å²) in [6, 6.07) is 62.3. The number of hydrogen-bond acceptors (Lipinski definition) is 6. The largest absolute Gasteiger partial charge is 0.454 e. The number of nitrogens with zero attached hydrogens (tertiary/aromatic N) is 3. The molecule has 0 atom stereocenters. The zero-order valence-electron chi connectivity index (χ0n) is 40.2. The van der Waals surface area contributed by atoms with Crippen molar-refractivity contribution in [3.8, 4) is 22.9 Å². The normalized spacial score (nSPS) is 13.4. The third kappa shape index (κ3) is 6.26. The summed E-state index contributed by atoms with van der Waals surface area (Å²) in [5.74, 6) is 0. The first-order chi connectivity index (χ1) is 34.3. The van der Waals surface area contributed by atoms with Crippen molar-refractivity contribution in [2.24, 2.45) is 0 Å².